The maximum absolute atomic E-state index is 11.5. The zero-order chi connectivity index (χ0) is 12.7. The van der Waals surface area contributed by atoms with E-state index in [0.717, 1.165) is 25.9 Å². The second-order valence-corrected chi connectivity index (χ2v) is 4.68. The molecule has 2 unspecified atom stereocenters. The highest BCUT2D eigenvalue weighted by atomic mass is 16.5. The molecular formula is C12H21NO4. The zero-order valence-corrected chi connectivity index (χ0v) is 10.3. The van der Waals surface area contributed by atoms with Gasteiger partial charge in [-0.05, 0) is 25.2 Å². The maximum atomic E-state index is 11.5. The van der Waals surface area contributed by atoms with Crippen LogP contribution >= 0.6 is 0 Å². The van der Waals surface area contributed by atoms with Crippen LogP contribution in [0.1, 0.15) is 39.0 Å². The van der Waals surface area contributed by atoms with Crippen molar-refractivity contribution in [1.82, 2.24) is 5.32 Å². The van der Waals surface area contributed by atoms with E-state index in [1.54, 1.807) is 6.92 Å². The number of nitrogens with one attached hydrogen (secondary N) is 1. The number of aliphatic carboxylic acids is 1. The van der Waals surface area contributed by atoms with Gasteiger partial charge in [0.05, 0.1) is 6.10 Å². The number of amides is 1. The largest absolute Gasteiger partial charge is 0.481 e. The molecule has 2 atom stereocenters. The standard InChI is InChI=1S/C12H21NO4/c1-9(8-12(15)16)7-11(14)13-5-4-10-3-2-6-17-10/h9-10H,2-8H2,1H3,(H,13,14)(H,15,16). The van der Waals surface area contributed by atoms with Crippen LogP contribution in [0, 0.1) is 5.92 Å². The Kier molecular flexibility index (Phi) is 5.97. The van der Waals surface area contributed by atoms with E-state index in [0.29, 0.717) is 6.54 Å². The van der Waals surface area contributed by atoms with Gasteiger partial charge in [-0.15, -0.1) is 0 Å². The van der Waals surface area contributed by atoms with Crippen molar-refractivity contribution in [2.24, 2.45) is 5.92 Å². The molecule has 0 saturated carbocycles. The van der Waals surface area contributed by atoms with Crippen molar-refractivity contribution in [3.05, 3.63) is 0 Å². The second-order valence-electron chi connectivity index (χ2n) is 4.68. The lowest BCUT2D eigenvalue weighted by atomic mass is 10.0. The minimum Gasteiger partial charge on any atom is -0.481 e. The van der Waals surface area contributed by atoms with Crippen molar-refractivity contribution in [1.29, 1.82) is 0 Å². The van der Waals surface area contributed by atoms with Crippen molar-refractivity contribution < 1.29 is 19.4 Å². The average molecular weight is 243 g/mol. The smallest absolute Gasteiger partial charge is 0.303 e. The van der Waals surface area contributed by atoms with Crippen LogP contribution in [0.15, 0.2) is 0 Å². The van der Waals surface area contributed by atoms with Crippen molar-refractivity contribution in [3.8, 4) is 0 Å². The normalized spacial score (nSPS) is 21.1. The summed E-state index contributed by atoms with van der Waals surface area (Å²) >= 11 is 0. The maximum Gasteiger partial charge on any atom is 0.303 e. The first kappa shape index (κ1) is 14.0. The fourth-order valence-electron chi connectivity index (χ4n) is 2.00. The molecular weight excluding hydrogens is 222 g/mol. The molecule has 0 aromatic rings. The Morgan fingerprint density at radius 3 is 2.82 bits per heavy atom. The minimum atomic E-state index is -0.857. The van der Waals surface area contributed by atoms with Crippen molar-refractivity contribution in [2.75, 3.05) is 13.2 Å². The fraction of sp³-hybridized carbons (Fsp3) is 0.833. The van der Waals surface area contributed by atoms with Crippen LogP contribution < -0.4 is 5.32 Å². The van der Waals surface area contributed by atoms with Crippen LogP contribution in [0.25, 0.3) is 0 Å². The van der Waals surface area contributed by atoms with Crippen LogP contribution in [0.4, 0.5) is 0 Å². The third kappa shape index (κ3) is 6.26. The Hall–Kier alpha value is -1.10. The predicted octanol–water partition coefficient (Wildman–Crippen LogP) is 1.17. The molecule has 1 aliphatic heterocycles. The topological polar surface area (TPSA) is 75.6 Å². The summed E-state index contributed by atoms with van der Waals surface area (Å²) in [6.45, 7) is 3.21. The lowest BCUT2D eigenvalue weighted by Crippen LogP contribution is -2.28. The quantitative estimate of drug-likeness (QED) is 0.704. The second kappa shape index (κ2) is 7.27. The molecule has 0 aromatic carbocycles. The van der Waals surface area contributed by atoms with E-state index in [2.05, 4.69) is 5.32 Å². The molecule has 17 heavy (non-hydrogen) atoms. The third-order valence-corrected chi connectivity index (χ3v) is 2.87. The molecule has 0 bridgehead atoms. The first-order valence-corrected chi connectivity index (χ1v) is 6.18. The lowest BCUT2D eigenvalue weighted by molar-refractivity contribution is -0.138. The summed E-state index contributed by atoms with van der Waals surface area (Å²) in [5.74, 6) is -1.04. The number of hydrogen-bond donors (Lipinski definition) is 2. The highest BCUT2D eigenvalue weighted by Gasteiger charge is 2.16. The molecule has 5 nitrogen and oxygen atoms in total. The minimum absolute atomic E-state index is 0.0408. The summed E-state index contributed by atoms with van der Waals surface area (Å²) in [5, 5.41) is 11.4. The molecule has 0 aliphatic carbocycles. The molecule has 1 amide bonds. The number of ether oxygens (including phenoxy) is 1. The van der Waals surface area contributed by atoms with Crippen molar-refractivity contribution in [2.45, 2.75) is 45.1 Å². The number of rotatable bonds is 7. The van der Waals surface area contributed by atoms with Crippen LogP contribution in [0.3, 0.4) is 0 Å². The molecule has 5 heteroatoms. The van der Waals surface area contributed by atoms with Crippen LogP contribution in [0.2, 0.25) is 0 Å². The summed E-state index contributed by atoms with van der Waals surface area (Å²) in [4.78, 5) is 21.9. The molecule has 1 fully saturated rings. The van der Waals surface area contributed by atoms with Gasteiger partial charge in [0.25, 0.3) is 0 Å². The zero-order valence-electron chi connectivity index (χ0n) is 10.3. The van der Waals surface area contributed by atoms with E-state index in [-0.39, 0.29) is 30.8 Å². The third-order valence-electron chi connectivity index (χ3n) is 2.87. The Morgan fingerprint density at radius 2 is 2.24 bits per heavy atom. The van der Waals surface area contributed by atoms with E-state index in [9.17, 15) is 9.59 Å². The number of carbonyl (C=O) groups excluding carboxylic acids is 1. The molecule has 1 saturated heterocycles. The van der Waals surface area contributed by atoms with Gasteiger partial charge in [0.1, 0.15) is 0 Å². The van der Waals surface area contributed by atoms with Crippen molar-refractivity contribution >= 4 is 11.9 Å². The van der Waals surface area contributed by atoms with Gasteiger partial charge in [0.15, 0.2) is 0 Å². The Bertz CT molecular complexity index is 261. The summed E-state index contributed by atoms with van der Waals surface area (Å²) in [5.41, 5.74) is 0. The summed E-state index contributed by atoms with van der Waals surface area (Å²) in [7, 11) is 0. The van der Waals surface area contributed by atoms with Crippen LogP contribution in [-0.4, -0.2) is 36.2 Å². The number of hydrogen-bond acceptors (Lipinski definition) is 3. The van der Waals surface area contributed by atoms with Gasteiger partial charge >= 0.3 is 5.97 Å². The Labute approximate surface area is 102 Å². The molecule has 0 radical (unpaired) electrons. The van der Waals surface area contributed by atoms with Crippen LogP contribution in [0.5, 0.6) is 0 Å². The highest BCUT2D eigenvalue weighted by molar-refractivity contribution is 5.77. The average Bonchev–Trinajstić information content (AvgIpc) is 2.68. The number of carboxylic acids is 1. The van der Waals surface area contributed by atoms with Gasteiger partial charge in [-0.2, -0.15) is 0 Å². The van der Waals surface area contributed by atoms with Gasteiger partial charge in [-0.1, -0.05) is 6.92 Å². The van der Waals surface area contributed by atoms with Gasteiger partial charge in [-0.3, -0.25) is 9.59 Å². The summed E-state index contributed by atoms with van der Waals surface area (Å²) < 4.78 is 5.44. The van der Waals surface area contributed by atoms with E-state index in [1.807, 2.05) is 0 Å². The summed E-state index contributed by atoms with van der Waals surface area (Å²) in [6.07, 6.45) is 3.63. The van der Waals surface area contributed by atoms with Gasteiger partial charge in [-0.25, -0.2) is 0 Å². The van der Waals surface area contributed by atoms with Gasteiger partial charge < -0.3 is 15.2 Å². The van der Waals surface area contributed by atoms with E-state index in [4.69, 9.17) is 9.84 Å². The molecule has 1 aliphatic rings. The lowest BCUT2D eigenvalue weighted by Gasteiger charge is -2.11. The first-order valence-electron chi connectivity index (χ1n) is 6.18. The predicted molar refractivity (Wildman–Crippen MR) is 62.6 cm³/mol. The first-order chi connectivity index (χ1) is 8.08. The SMILES string of the molecule is CC(CC(=O)O)CC(=O)NCCC1CCCO1. The van der Waals surface area contributed by atoms with Gasteiger partial charge in [0.2, 0.25) is 5.91 Å². The molecule has 0 spiro atoms. The molecule has 0 aromatic heterocycles. The molecule has 2 N–H and O–H groups in total. The molecule has 98 valence electrons. The van der Waals surface area contributed by atoms with Crippen molar-refractivity contribution in [3.63, 3.8) is 0 Å². The number of carboxylic acid groups (broad SMARTS) is 1. The Morgan fingerprint density at radius 1 is 1.47 bits per heavy atom. The van der Waals surface area contributed by atoms with Gasteiger partial charge in [0, 0.05) is 26.0 Å². The molecule has 1 rings (SSSR count). The number of carbonyl (C=O) groups is 2. The van der Waals surface area contributed by atoms with E-state index < -0.39 is 5.97 Å². The van der Waals surface area contributed by atoms with E-state index in [1.165, 1.54) is 0 Å². The fourth-order valence-corrected chi connectivity index (χ4v) is 2.00. The monoisotopic (exact) mass is 243 g/mol. The highest BCUT2D eigenvalue weighted by Crippen LogP contribution is 2.14. The molecule has 1 heterocycles. The van der Waals surface area contributed by atoms with E-state index >= 15 is 0 Å². The Balaban J connectivity index is 2.05. The van der Waals surface area contributed by atoms with Crippen LogP contribution in [-0.2, 0) is 14.3 Å². The summed E-state index contributed by atoms with van der Waals surface area (Å²) in [6, 6.07) is 0.